The maximum Gasteiger partial charge on any atom is 0.340 e. The second-order valence-corrected chi connectivity index (χ2v) is 5.96. The van der Waals surface area contributed by atoms with E-state index in [1.807, 2.05) is 6.07 Å². The maximum atomic E-state index is 12.9. The van der Waals surface area contributed by atoms with Crippen LogP contribution in [0.5, 0.6) is 11.5 Å². The van der Waals surface area contributed by atoms with Gasteiger partial charge in [0.25, 0.3) is 0 Å². The summed E-state index contributed by atoms with van der Waals surface area (Å²) in [4.78, 5) is 27.9. The van der Waals surface area contributed by atoms with Gasteiger partial charge in [-0.1, -0.05) is 6.07 Å². The molecule has 146 valence electrons. The van der Waals surface area contributed by atoms with Crippen LogP contribution < -0.4 is 9.47 Å². The first-order chi connectivity index (χ1) is 13.4. The third-order valence-corrected chi connectivity index (χ3v) is 4.23. The Labute approximate surface area is 163 Å². The molecule has 0 saturated carbocycles. The third-order valence-electron chi connectivity index (χ3n) is 4.23. The number of carbonyl (C=O) groups is 2. The molecule has 7 nitrogen and oxygen atoms in total. The smallest absolute Gasteiger partial charge is 0.340 e. The quantitative estimate of drug-likeness (QED) is 0.340. The van der Waals surface area contributed by atoms with Crippen molar-refractivity contribution in [3.8, 4) is 17.6 Å². The first kappa shape index (κ1) is 20.8. The van der Waals surface area contributed by atoms with E-state index in [1.165, 1.54) is 20.3 Å². The molecule has 28 heavy (non-hydrogen) atoms. The maximum absolute atomic E-state index is 12.9. The SMILES string of the molecule is CCOC(=O)c1c(C)[nH]c(C(=O)/C(C#N)=C\c2ccc(OC)c(OC)c2)c1C. The van der Waals surface area contributed by atoms with E-state index in [0.717, 1.165) is 0 Å². The number of Topliss-reactive ketones (excluding diaryl/α,β-unsaturated/α-hetero) is 1. The van der Waals surface area contributed by atoms with Crippen molar-refractivity contribution in [2.75, 3.05) is 20.8 Å². The van der Waals surface area contributed by atoms with Gasteiger partial charge in [0.1, 0.15) is 11.6 Å². The molecule has 1 N–H and O–H groups in total. The minimum absolute atomic E-state index is 0.0769. The molecular weight excluding hydrogens is 360 g/mol. The van der Waals surface area contributed by atoms with E-state index in [1.54, 1.807) is 39.0 Å². The first-order valence-corrected chi connectivity index (χ1v) is 8.62. The number of nitriles is 1. The first-order valence-electron chi connectivity index (χ1n) is 8.62. The van der Waals surface area contributed by atoms with Crippen LogP contribution in [0.15, 0.2) is 23.8 Å². The van der Waals surface area contributed by atoms with E-state index >= 15 is 0 Å². The molecule has 2 aromatic rings. The largest absolute Gasteiger partial charge is 0.493 e. The number of ketones is 1. The number of ether oxygens (including phenoxy) is 3. The molecule has 1 aromatic carbocycles. The zero-order valence-electron chi connectivity index (χ0n) is 16.5. The average molecular weight is 382 g/mol. The summed E-state index contributed by atoms with van der Waals surface area (Å²) in [6.45, 7) is 5.27. The molecule has 1 heterocycles. The van der Waals surface area contributed by atoms with Crippen molar-refractivity contribution in [2.45, 2.75) is 20.8 Å². The van der Waals surface area contributed by atoms with E-state index in [4.69, 9.17) is 14.2 Å². The van der Waals surface area contributed by atoms with Gasteiger partial charge in [-0.2, -0.15) is 5.26 Å². The van der Waals surface area contributed by atoms with Gasteiger partial charge in [0.2, 0.25) is 5.78 Å². The molecule has 0 aliphatic carbocycles. The lowest BCUT2D eigenvalue weighted by Crippen LogP contribution is -2.08. The van der Waals surface area contributed by atoms with Gasteiger partial charge in [0, 0.05) is 5.69 Å². The highest BCUT2D eigenvalue weighted by molar-refractivity contribution is 6.15. The second-order valence-electron chi connectivity index (χ2n) is 5.96. The molecule has 0 saturated heterocycles. The van der Waals surface area contributed by atoms with Crippen LogP contribution in [0.1, 0.15) is 44.6 Å². The molecule has 0 fully saturated rings. The minimum Gasteiger partial charge on any atom is -0.493 e. The van der Waals surface area contributed by atoms with Gasteiger partial charge >= 0.3 is 5.97 Å². The number of aryl methyl sites for hydroxylation is 1. The standard InChI is InChI=1S/C21H22N2O5/c1-6-28-21(25)18-12(2)19(23-13(18)3)20(24)15(11-22)9-14-7-8-16(26-4)17(10-14)27-5/h7-10,23H,6H2,1-5H3/b15-9-. The zero-order chi connectivity index (χ0) is 20.8. The van der Waals surface area contributed by atoms with Crippen molar-refractivity contribution in [1.29, 1.82) is 5.26 Å². The second kappa shape index (κ2) is 8.91. The Bertz CT molecular complexity index is 979. The lowest BCUT2D eigenvalue weighted by Gasteiger charge is -2.08. The van der Waals surface area contributed by atoms with Gasteiger partial charge in [-0.15, -0.1) is 0 Å². The van der Waals surface area contributed by atoms with Crippen molar-refractivity contribution >= 4 is 17.8 Å². The van der Waals surface area contributed by atoms with E-state index in [9.17, 15) is 14.9 Å². The topological polar surface area (TPSA) is 101 Å². The van der Waals surface area contributed by atoms with Crippen LogP contribution in [0.25, 0.3) is 6.08 Å². The van der Waals surface area contributed by atoms with Gasteiger partial charge < -0.3 is 19.2 Å². The Morgan fingerprint density at radius 3 is 2.43 bits per heavy atom. The molecule has 0 radical (unpaired) electrons. The number of hydrogen-bond acceptors (Lipinski definition) is 6. The Balaban J connectivity index is 2.45. The predicted molar refractivity (Wildman–Crippen MR) is 104 cm³/mol. The average Bonchev–Trinajstić information content (AvgIpc) is 2.99. The molecule has 0 aliphatic heterocycles. The Morgan fingerprint density at radius 2 is 1.86 bits per heavy atom. The number of carbonyl (C=O) groups excluding carboxylic acids is 2. The highest BCUT2D eigenvalue weighted by atomic mass is 16.5. The van der Waals surface area contributed by atoms with Crippen molar-refractivity contribution in [1.82, 2.24) is 4.98 Å². The molecule has 7 heteroatoms. The lowest BCUT2D eigenvalue weighted by atomic mass is 10.0. The summed E-state index contributed by atoms with van der Waals surface area (Å²) >= 11 is 0. The monoisotopic (exact) mass is 382 g/mol. The number of esters is 1. The Hall–Kier alpha value is -3.53. The van der Waals surface area contributed by atoms with Gasteiger partial charge in [0.05, 0.1) is 32.1 Å². The van der Waals surface area contributed by atoms with E-state index in [-0.39, 0.29) is 17.9 Å². The summed E-state index contributed by atoms with van der Waals surface area (Å²) in [6.07, 6.45) is 1.46. The summed E-state index contributed by atoms with van der Waals surface area (Å²) in [5, 5.41) is 9.51. The number of aromatic amines is 1. The molecule has 0 aliphatic rings. The highest BCUT2D eigenvalue weighted by Crippen LogP contribution is 2.29. The van der Waals surface area contributed by atoms with Gasteiger partial charge in [-0.05, 0) is 50.1 Å². The number of nitrogens with one attached hydrogen (secondary N) is 1. The van der Waals surface area contributed by atoms with Crippen LogP contribution in [-0.2, 0) is 4.74 Å². The van der Waals surface area contributed by atoms with E-state index in [2.05, 4.69) is 4.98 Å². The fourth-order valence-corrected chi connectivity index (χ4v) is 2.88. The number of aromatic nitrogens is 1. The normalized spacial score (nSPS) is 10.9. The number of H-pyrrole nitrogens is 1. The molecular formula is C21H22N2O5. The number of benzene rings is 1. The molecule has 0 unspecified atom stereocenters. The van der Waals surface area contributed by atoms with E-state index < -0.39 is 11.8 Å². The van der Waals surface area contributed by atoms with Gasteiger partial charge in [-0.3, -0.25) is 4.79 Å². The van der Waals surface area contributed by atoms with Crippen molar-refractivity contribution in [3.63, 3.8) is 0 Å². The van der Waals surface area contributed by atoms with Crippen molar-refractivity contribution in [3.05, 3.63) is 51.9 Å². The lowest BCUT2D eigenvalue weighted by molar-refractivity contribution is 0.0525. The van der Waals surface area contributed by atoms with Crippen molar-refractivity contribution < 1.29 is 23.8 Å². The Kier molecular flexibility index (Phi) is 6.61. The Morgan fingerprint density at radius 1 is 1.18 bits per heavy atom. The van der Waals surface area contributed by atoms with Crippen molar-refractivity contribution in [2.24, 2.45) is 0 Å². The van der Waals surface area contributed by atoms with Gasteiger partial charge in [-0.25, -0.2) is 4.79 Å². The summed E-state index contributed by atoms with van der Waals surface area (Å²) in [6, 6.07) is 6.99. The number of rotatable bonds is 7. The van der Waals surface area contributed by atoms with Crippen LogP contribution in [0.4, 0.5) is 0 Å². The summed E-state index contributed by atoms with van der Waals surface area (Å²) in [5.41, 5.74) is 2.00. The van der Waals surface area contributed by atoms with Crippen LogP contribution >= 0.6 is 0 Å². The summed E-state index contributed by atoms with van der Waals surface area (Å²) in [7, 11) is 3.03. The molecule has 1 aromatic heterocycles. The van der Waals surface area contributed by atoms with Crippen LogP contribution in [0, 0.1) is 25.2 Å². The number of allylic oxidation sites excluding steroid dienone is 1. The summed E-state index contributed by atoms with van der Waals surface area (Å²) in [5.74, 6) is 0.0143. The highest BCUT2D eigenvalue weighted by Gasteiger charge is 2.24. The number of nitrogens with zero attached hydrogens (tertiary/aromatic N) is 1. The molecule has 0 atom stereocenters. The van der Waals surface area contributed by atoms with E-state index in [0.29, 0.717) is 33.9 Å². The fourth-order valence-electron chi connectivity index (χ4n) is 2.88. The van der Waals surface area contributed by atoms with Crippen LogP contribution in [0.3, 0.4) is 0 Å². The van der Waals surface area contributed by atoms with Gasteiger partial charge in [0.15, 0.2) is 11.5 Å². The van der Waals surface area contributed by atoms with Crippen LogP contribution in [0.2, 0.25) is 0 Å². The minimum atomic E-state index is -0.506. The zero-order valence-corrected chi connectivity index (χ0v) is 16.5. The molecule has 2 rings (SSSR count). The van der Waals surface area contributed by atoms with Crippen LogP contribution in [-0.4, -0.2) is 37.6 Å². The number of hydrogen-bond donors (Lipinski definition) is 1. The summed E-state index contributed by atoms with van der Waals surface area (Å²) < 4.78 is 15.5. The number of methoxy groups -OCH3 is 2. The molecule has 0 bridgehead atoms. The molecule has 0 amide bonds. The molecule has 0 spiro atoms. The fraction of sp³-hybridized carbons (Fsp3) is 0.286. The predicted octanol–water partition coefficient (Wildman–Crippen LogP) is 3.62. The third kappa shape index (κ3) is 4.07.